The molecule has 2 heterocycles. The molecule has 5 nitrogen and oxygen atoms in total. The van der Waals surface area contributed by atoms with Gasteiger partial charge in [-0.1, -0.05) is 0 Å². The fourth-order valence-electron chi connectivity index (χ4n) is 1.79. The van der Waals surface area contributed by atoms with E-state index in [0.717, 1.165) is 0 Å². The Morgan fingerprint density at radius 2 is 2.07 bits per heavy atom. The van der Waals surface area contributed by atoms with Crippen molar-refractivity contribution in [1.29, 1.82) is 0 Å². The lowest BCUT2D eigenvalue weighted by Gasteiger charge is -2.05. The summed E-state index contributed by atoms with van der Waals surface area (Å²) in [5.41, 5.74) is 1.10. The number of esters is 1. The van der Waals surface area contributed by atoms with Crippen molar-refractivity contribution >= 4 is 5.97 Å². The third kappa shape index (κ3) is 1.10. The van der Waals surface area contributed by atoms with Gasteiger partial charge in [0, 0.05) is 5.56 Å². The van der Waals surface area contributed by atoms with Gasteiger partial charge in [0.1, 0.15) is 0 Å². The van der Waals surface area contributed by atoms with Crippen molar-refractivity contribution in [2.24, 2.45) is 0 Å². The van der Waals surface area contributed by atoms with Gasteiger partial charge in [-0.05, 0) is 12.1 Å². The first-order chi connectivity index (χ1) is 7.29. The summed E-state index contributed by atoms with van der Waals surface area (Å²) in [7, 11) is 0. The van der Waals surface area contributed by atoms with Crippen LogP contribution in [0.5, 0.6) is 11.5 Å². The fraction of sp³-hybridized carbons (Fsp3) is 0.300. The van der Waals surface area contributed by atoms with Crippen LogP contribution in [0.4, 0.5) is 0 Å². The van der Waals surface area contributed by atoms with Crippen LogP contribution in [-0.4, -0.2) is 24.5 Å². The molecule has 0 saturated heterocycles. The van der Waals surface area contributed by atoms with Crippen molar-refractivity contribution in [3.63, 3.8) is 0 Å². The summed E-state index contributed by atoms with van der Waals surface area (Å²) in [4.78, 5) is 11.4. The number of benzene rings is 1. The van der Waals surface area contributed by atoms with E-state index in [2.05, 4.69) is 0 Å². The monoisotopic (exact) mass is 208 g/mol. The summed E-state index contributed by atoms with van der Waals surface area (Å²) in [6.07, 6.45) is -0.581. The quantitative estimate of drug-likeness (QED) is 0.685. The van der Waals surface area contributed by atoms with Crippen LogP contribution < -0.4 is 9.47 Å². The Hall–Kier alpha value is -1.75. The van der Waals surface area contributed by atoms with Crippen LogP contribution in [-0.2, 0) is 4.74 Å². The zero-order valence-corrected chi connectivity index (χ0v) is 7.73. The molecule has 0 bridgehead atoms. The highest BCUT2D eigenvalue weighted by molar-refractivity contribution is 5.95. The fourth-order valence-corrected chi connectivity index (χ4v) is 1.79. The average Bonchev–Trinajstić information content (AvgIpc) is 2.81. The Kier molecular flexibility index (Phi) is 1.63. The van der Waals surface area contributed by atoms with Gasteiger partial charge in [0.25, 0.3) is 0 Å². The molecule has 5 heteroatoms. The molecule has 2 aliphatic heterocycles. The molecular formula is C10H8O5. The first-order valence-electron chi connectivity index (χ1n) is 4.55. The van der Waals surface area contributed by atoms with Gasteiger partial charge >= 0.3 is 5.97 Å². The molecule has 0 aromatic heterocycles. The summed E-state index contributed by atoms with van der Waals surface area (Å²) in [6.45, 7) is -0.0601. The largest absolute Gasteiger partial charge is 0.454 e. The number of carbonyl (C=O) groups excluding carboxylic acids is 1. The minimum Gasteiger partial charge on any atom is -0.454 e. The smallest absolute Gasteiger partial charge is 0.339 e. The number of cyclic esters (lactones) is 1. The first-order valence-corrected chi connectivity index (χ1v) is 4.55. The average molecular weight is 208 g/mol. The molecule has 1 aromatic carbocycles. The van der Waals surface area contributed by atoms with E-state index in [1.165, 1.54) is 0 Å². The van der Waals surface area contributed by atoms with Gasteiger partial charge in [-0.3, -0.25) is 0 Å². The van der Waals surface area contributed by atoms with Crippen LogP contribution in [0.25, 0.3) is 0 Å². The van der Waals surface area contributed by atoms with E-state index in [-0.39, 0.29) is 13.4 Å². The van der Waals surface area contributed by atoms with Gasteiger partial charge in [0.15, 0.2) is 17.6 Å². The maximum atomic E-state index is 11.4. The third-order valence-electron chi connectivity index (χ3n) is 2.53. The molecule has 1 unspecified atom stereocenters. The zero-order valence-electron chi connectivity index (χ0n) is 7.73. The van der Waals surface area contributed by atoms with Crippen molar-refractivity contribution in [3.8, 4) is 11.5 Å². The summed E-state index contributed by atoms with van der Waals surface area (Å²) in [5, 5.41) is 9.03. The van der Waals surface area contributed by atoms with Crippen molar-refractivity contribution in [2.75, 3.05) is 13.4 Å². The lowest BCUT2D eigenvalue weighted by Crippen LogP contribution is -2.03. The van der Waals surface area contributed by atoms with Crippen LogP contribution in [0.1, 0.15) is 22.0 Å². The highest BCUT2D eigenvalue weighted by atomic mass is 16.7. The van der Waals surface area contributed by atoms with Crippen LogP contribution in [0.2, 0.25) is 0 Å². The number of carbonyl (C=O) groups is 1. The number of aliphatic hydroxyl groups is 1. The summed E-state index contributed by atoms with van der Waals surface area (Å²) in [5.74, 6) is 0.706. The van der Waals surface area contributed by atoms with Gasteiger partial charge < -0.3 is 19.3 Å². The molecule has 1 N–H and O–H groups in total. The van der Waals surface area contributed by atoms with Gasteiger partial charge in [-0.25, -0.2) is 4.79 Å². The Balaban J connectivity index is 2.15. The maximum absolute atomic E-state index is 11.4. The summed E-state index contributed by atoms with van der Waals surface area (Å²) < 4.78 is 15.3. The number of ether oxygens (including phenoxy) is 3. The molecule has 0 fully saturated rings. The molecule has 1 aromatic rings. The van der Waals surface area contributed by atoms with Gasteiger partial charge in [0.05, 0.1) is 12.2 Å². The van der Waals surface area contributed by atoms with Gasteiger partial charge in [-0.2, -0.15) is 0 Å². The van der Waals surface area contributed by atoms with Gasteiger partial charge in [0.2, 0.25) is 6.79 Å². The Labute approximate surface area is 85.2 Å². The lowest BCUT2D eigenvalue weighted by molar-refractivity contribution is 0.0234. The van der Waals surface area contributed by atoms with Crippen LogP contribution >= 0.6 is 0 Å². The molecule has 0 saturated carbocycles. The molecule has 0 spiro atoms. The van der Waals surface area contributed by atoms with Crippen molar-refractivity contribution in [1.82, 2.24) is 0 Å². The molecule has 15 heavy (non-hydrogen) atoms. The van der Waals surface area contributed by atoms with Crippen molar-refractivity contribution < 1.29 is 24.1 Å². The normalized spacial score (nSPS) is 21.4. The Bertz CT molecular complexity index is 440. The standard InChI is InChI=1S/C10H8O5/c11-3-9-5-1-7-8(14-4-13-7)2-6(5)10(12)15-9/h1-2,9,11H,3-4H2. The Morgan fingerprint density at radius 1 is 1.33 bits per heavy atom. The highest BCUT2D eigenvalue weighted by Crippen LogP contribution is 2.40. The van der Waals surface area contributed by atoms with Crippen molar-refractivity contribution in [3.05, 3.63) is 23.3 Å². The molecule has 2 aliphatic rings. The number of aliphatic hydroxyl groups excluding tert-OH is 1. The topological polar surface area (TPSA) is 65.0 Å². The number of hydrogen-bond acceptors (Lipinski definition) is 5. The molecule has 3 rings (SSSR count). The molecule has 0 aliphatic carbocycles. The molecule has 78 valence electrons. The minimum absolute atomic E-state index is 0.164. The van der Waals surface area contributed by atoms with E-state index in [0.29, 0.717) is 22.6 Å². The van der Waals surface area contributed by atoms with E-state index >= 15 is 0 Å². The van der Waals surface area contributed by atoms with E-state index in [1.807, 2.05) is 0 Å². The van der Waals surface area contributed by atoms with E-state index in [9.17, 15) is 4.79 Å². The molecular weight excluding hydrogens is 200 g/mol. The SMILES string of the molecule is O=C1OC(CO)c2cc3c(cc21)OCO3. The minimum atomic E-state index is -0.581. The zero-order chi connectivity index (χ0) is 10.4. The number of hydrogen-bond donors (Lipinski definition) is 1. The first kappa shape index (κ1) is 8.55. The molecule has 1 atom stereocenters. The Morgan fingerprint density at radius 3 is 2.80 bits per heavy atom. The molecule has 0 amide bonds. The highest BCUT2D eigenvalue weighted by Gasteiger charge is 2.33. The van der Waals surface area contributed by atoms with E-state index in [4.69, 9.17) is 19.3 Å². The number of fused-ring (bicyclic) bond motifs is 2. The van der Waals surface area contributed by atoms with Gasteiger partial charge in [-0.15, -0.1) is 0 Å². The van der Waals surface area contributed by atoms with Crippen LogP contribution in [0, 0.1) is 0 Å². The van der Waals surface area contributed by atoms with Crippen LogP contribution in [0.15, 0.2) is 12.1 Å². The second kappa shape index (κ2) is 2.87. The lowest BCUT2D eigenvalue weighted by atomic mass is 10.0. The summed E-state index contributed by atoms with van der Waals surface area (Å²) >= 11 is 0. The van der Waals surface area contributed by atoms with Crippen molar-refractivity contribution in [2.45, 2.75) is 6.10 Å². The predicted octanol–water partition coefficient (Wildman–Crippen LogP) is 0.619. The van der Waals surface area contributed by atoms with E-state index in [1.54, 1.807) is 12.1 Å². The second-order valence-electron chi connectivity index (χ2n) is 3.37. The van der Waals surface area contributed by atoms with E-state index < -0.39 is 12.1 Å². The predicted molar refractivity (Wildman–Crippen MR) is 47.8 cm³/mol. The second-order valence-corrected chi connectivity index (χ2v) is 3.37. The summed E-state index contributed by atoms with van der Waals surface area (Å²) in [6, 6.07) is 3.28. The molecule has 0 radical (unpaired) electrons. The third-order valence-corrected chi connectivity index (χ3v) is 2.53. The van der Waals surface area contributed by atoms with Crippen LogP contribution in [0.3, 0.4) is 0 Å². The maximum Gasteiger partial charge on any atom is 0.339 e. The number of rotatable bonds is 1.